The number of aliphatic hydroxyl groups is 2. The molecule has 0 radical (unpaired) electrons. The van der Waals surface area contributed by atoms with Crippen molar-refractivity contribution in [2.24, 2.45) is 0 Å². The Bertz CT molecular complexity index is 1130. The molecular weight excluding hydrogens is 508 g/mol. The molecule has 3 aromatic carbocycles. The van der Waals surface area contributed by atoms with E-state index < -0.39 is 24.4 Å². The van der Waals surface area contributed by atoms with Gasteiger partial charge in [-0.05, 0) is 23.7 Å². The zero-order valence-corrected chi connectivity index (χ0v) is 23.0. The van der Waals surface area contributed by atoms with Gasteiger partial charge in [0.2, 0.25) is 0 Å². The van der Waals surface area contributed by atoms with E-state index in [0.29, 0.717) is 19.7 Å². The van der Waals surface area contributed by atoms with Gasteiger partial charge in [-0.15, -0.1) is 0 Å². The van der Waals surface area contributed by atoms with Crippen LogP contribution in [0.1, 0.15) is 16.7 Å². The molecule has 0 aromatic heterocycles. The van der Waals surface area contributed by atoms with Gasteiger partial charge in [0.1, 0.15) is 18.3 Å². The molecule has 40 heavy (non-hydrogen) atoms. The van der Waals surface area contributed by atoms with Crippen molar-refractivity contribution in [3.8, 4) is 0 Å². The Kier molecular flexibility index (Phi) is 11.7. The fourth-order valence-corrected chi connectivity index (χ4v) is 4.63. The van der Waals surface area contributed by atoms with Crippen molar-refractivity contribution in [1.82, 2.24) is 9.80 Å². The SMILES string of the molecule is CN1CCN(C(=O)[C@H](OCc2ccccc2)[C@@H](O)[C@H](OCc2ccccc2)[C@H](O)COCc2ccccc2)CC1. The average Bonchev–Trinajstić information content (AvgIpc) is 2.99. The fourth-order valence-electron chi connectivity index (χ4n) is 4.63. The van der Waals surface area contributed by atoms with Crippen molar-refractivity contribution >= 4 is 5.91 Å². The summed E-state index contributed by atoms with van der Waals surface area (Å²) < 4.78 is 18.0. The summed E-state index contributed by atoms with van der Waals surface area (Å²) in [6.07, 6.45) is -5.00. The number of aliphatic hydroxyl groups excluding tert-OH is 2. The molecule has 4 rings (SSSR count). The first-order chi connectivity index (χ1) is 19.5. The summed E-state index contributed by atoms with van der Waals surface area (Å²) in [5.41, 5.74) is 2.72. The highest BCUT2D eigenvalue weighted by molar-refractivity contribution is 5.82. The van der Waals surface area contributed by atoms with Crippen LogP contribution in [0.3, 0.4) is 0 Å². The molecule has 8 heteroatoms. The maximum atomic E-state index is 13.7. The molecule has 8 nitrogen and oxygen atoms in total. The molecule has 1 fully saturated rings. The van der Waals surface area contributed by atoms with Crippen molar-refractivity contribution in [2.45, 2.75) is 44.2 Å². The van der Waals surface area contributed by atoms with Gasteiger partial charge in [-0.25, -0.2) is 0 Å². The van der Waals surface area contributed by atoms with Crippen LogP contribution in [-0.2, 0) is 38.8 Å². The Morgan fingerprint density at radius 1 is 0.725 bits per heavy atom. The second kappa shape index (κ2) is 15.6. The molecule has 2 N–H and O–H groups in total. The molecule has 1 heterocycles. The predicted octanol–water partition coefficient (Wildman–Crippen LogP) is 2.87. The van der Waals surface area contributed by atoms with Gasteiger partial charge in [-0.2, -0.15) is 0 Å². The molecule has 214 valence electrons. The largest absolute Gasteiger partial charge is 0.388 e. The average molecular weight is 549 g/mol. The van der Waals surface area contributed by atoms with Crippen LogP contribution in [0.15, 0.2) is 91.0 Å². The quantitative estimate of drug-likeness (QED) is 0.320. The summed E-state index contributed by atoms with van der Waals surface area (Å²) >= 11 is 0. The lowest BCUT2D eigenvalue weighted by Gasteiger charge is -2.37. The number of nitrogens with zero attached hydrogens (tertiary/aromatic N) is 2. The summed E-state index contributed by atoms with van der Waals surface area (Å²) in [6.45, 7) is 3.03. The lowest BCUT2D eigenvalue weighted by atomic mass is 10.0. The van der Waals surface area contributed by atoms with E-state index in [0.717, 1.165) is 29.8 Å². The van der Waals surface area contributed by atoms with Crippen molar-refractivity contribution in [1.29, 1.82) is 0 Å². The van der Waals surface area contributed by atoms with Crippen LogP contribution in [-0.4, -0.2) is 90.2 Å². The highest BCUT2D eigenvalue weighted by Crippen LogP contribution is 2.20. The van der Waals surface area contributed by atoms with Crippen molar-refractivity contribution in [3.05, 3.63) is 108 Å². The maximum absolute atomic E-state index is 13.7. The van der Waals surface area contributed by atoms with E-state index in [1.54, 1.807) is 4.90 Å². The minimum atomic E-state index is -1.44. The maximum Gasteiger partial charge on any atom is 0.254 e. The fraction of sp³-hybridized carbons (Fsp3) is 0.406. The molecule has 0 saturated carbocycles. The third-order valence-electron chi connectivity index (χ3n) is 7.04. The van der Waals surface area contributed by atoms with Crippen LogP contribution >= 0.6 is 0 Å². The molecule has 1 aliphatic rings. The van der Waals surface area contributed by atoms with Crippen LogP contribution in [0.5, 0.6) is 0 Å². The van der Waals surface area contributed by atoms with Crippen molar-refractivity contribution in [2.75, 3.05) is 39.8 Å². The molecule has 3 aromatic rings. The Balaban J connectivity index is 1.51. The Morgan fingerprint density at radius 3 is 1.73 bits per heavy atom. The zero-order valence-electron chi connectivity index (χ0n) is 23.0. The Morgan fingerprint density at radius 2 is 1.20 bits per heavy atom. The molecule has 1 aliphatic heterocycles. The van der Waals surface area contributed by atoms with Gasteiger partial charge in [-0.3, -0.25) is 4.79 Å². The minimum Gasteiger partial charge on any atom is -0.388 e. The molecule has 0 aliphatic carbocycles. The highest BCUT2D eigenvalue weighted by Gasteiger charge is 2.40. The molecule has 0 unspecified atom stereocenters. The third kappa shape index (κ3) is 8.96. The van der Waals surface area contributed by atoms with Crippen molar-refractivity contribution < 1.29 is 29.2 Å². The molecular formula is C32H40N2O6. The number of piperazine rings is 1. The van der Waals surface area contributed by atoms with Gasteiger partial charge in [-0.1, -0.05) is 91.0 Å². The van der Waals surface area contributed by atoms with Crippen LogP contribution < -0.4 is 0 Å². The zero-order chi connectivity index (χ0) is 28.2. The summed E-state index contributed by atoms with van der Waals surface area (Å²) in [5, 5.41) is 22.8. The lowest BCUT2D eigenvalue weighted by Crippen LogP contribution is -2.57. The van der Waals surface area contributed by atoms with Gasteiger partial charge in [0.15, 0.2) is 6.10 Å². The first kappa shape index (κ1) is 29.9. The Labute approximate surface area is 236 Å². The van der Waals surface area contributed by atoms with Gasteiger partial charge in [0, 0.05) is 26.2 Å². The molecule has 0 spiro atoms. The lowest BCUT2D eigenvalue weighted by molar-refractivity contribution is -0.181. The van der Waals surface area contributed by atoms with Gasteiger partial charge in [0.25, 0.3) is 5.91 Å². The molecule has 4 atom stereocenters. The topological polar surface area (TPSA) is 91.7 Å². The molecule has 0 bridgehead atoms. The van der Waals surface area contributed by atoms with Crippen LogP contribution in [0.4, 0.5) is 0 Å². The van der Waals surface area contributed by atoms with E-state index in [1.165, 1.54) is 0 Å². The summed E-state index contributed by atoms with van der Waals surface area (Å²) in [5.74, 6) is -0.317. The van der Waals surface area contributed by atoms with E-state index in [-0.39, 0.29) is 25.7 Å². The van der Waals surface area contributed by atoms with E-state index in [9.17, 15) is 15.0 Å². The van der Waals surface area contributed by atoms with Crippen LogP contribution in [0, 0.1) is 0 Å². The van der Waals surface area contributed by atoms with Crippen LogP contribution in [0.25, 0.3) is 0 Å². The minimum absolute atomic E-state index is 0.0838. The molecule has 1 amide bonds. The summed E-state index contributed by atoms with van der Waals surface area (Å²) in [6, 6.07) is 28.6. The van der Waals surface area contributed by atoms with E-state index in [4.69, 9.17) is 14.2 Å². The van der Waals surface area contributed by atoms with E-state index in [2.05, 4.69) is 4.90 Å². The first-order valence-electron chi connectivity index (χ1n) is 13.8. The first-order valence-corrected chi connectivity index (χ1v) is 13.8. The van der Waals surface area contributed by atoms with E-state index in [1.807, 2.05) is 98.0 Å². The number of likely N-dealkylation sites (N-methyl/N-ethyl adjacent to an activating group) is 1. The molecule has 1 saturated heterocycles. The van der Waals surface area contributed by atoms with Gasteiger partial charge >= 0.3 is 0 Å². The number of carbonyl (C=O) groups excluding carboxylic acids is 1. The summed E-state index contributed by atoms with van der Waals surface area (Å²) in [4.78, 5) is 17.6. The smallest absolute Gasteiger partial charge is 0.254 e. The number of hydrogen-bond acceptors (Lipinski definition) is 7. The second-order valence-electron chi connectivity index (χ2n) is 10.2. The number of carbonyl (C=O) groups is 1. The van der Waals surface area contributed by atoms with Crippen LogP contribution in [0.2, 0.25) is 0 Å². The predicted molar refractivity (Wildman–Crippen MR) is 152 cm³/mol. The number of amides is 1. The van der Waals surface area contributed by atoms with Gasteiger partial charge < -0.3 is 34.2 Å². The third-order valence-corrected chi connectivity index (χ3v) is 7.04. The number of hydrogen-bond donors (Lipinski definition) is 2. The second-order valence-corrected chi connectivity index (χ2v) is 10.2. The van der Waals surface area contributed by atoms with E-state index >= 15 is 0 Å². The van der Waals surface area contributed by atoms with Gasteiger partial charge in [0.05, 0.1) is 26.4 Å². The number of rotatable bonds is 14. The standard InChI is InChI=1S/C32H40N2O6/c1-33-17-19-34(20-18-33)32(37)31(40-23-27-15-9-4-10-16-27)29(36)30(39-22-26-13-7-3-8-14-26)28(35)24-38-21-25-11-5-2-6-12-25/h2-16,28-31,35-36H,17-24H2,1H3/t28-,29+,30-,31-/m1/s1. The van der Waals surface area contributed by atoms with Crippen molar-refractivity contribution in [3.63, 3.8) is 0 Å². The monoisotopic (exact) mass is 548 g/mol. The highest BCUT2D eigenvalue weighted by atomic mass is 16.5. The Hall–Kier alpha value is -3.11. The number of benzene rings is 3. The summed E-state index contributed by atoms with van der Waals surface area (Å²) in [7, 11) is 2.01. The number of ether oxygens (including phenoxy) is 3. The normalized spacial score (nSPS) is 17.2.